The third kappa shape index (κ3) is 14.0. The first-order valence-corrected chi connectivity index (χ1v) is 21.3. The summed E-state index contributed by atoms with van der Waals surface area (Å²) < 4.78 is 0. The van der Waals surface area contributed by atoms with E-state index in [0.717, 1.165) is 12.8 Å². The Balaban J connectivity index is 0.000000716. The van der Waals surface area contributed by atoms with Crippen LogP contribution < -0.4 is 0 Å². The van der Waals surface area contributed by atoms with E-state index in [1.54, 1.807) is 23.3 Å². The molecule has 6 rings (SSSR count). The van der Waals surface area contributed by atoms with Gasteiger partial charge in [-0.05, 0) is 35.4 Å². The first-order chi connectivity index (χ1) is 20.8. The molecule has 2 aliphatic carbocycles. The van der Waals surface area contributed by atoms with E-state index < -0.39 is 0 Å². The Morgan fingerprint density at radius 3 is 1.50 bits per heavy atom. The first-order valence-electron chi connectivity index (χ1n) is 15.4. The van der Waals surface area contributed by atoms with Crippen molar-refractivity contribution in [3.05, 3.63) is 154 Å². The van der Waals surface area contributed by atoms with E-state index in [1.807, 2.05) is 67.6 Å². The van der Waals surface area contributed by atoms with Gasteiger partial charge in [-0.1, -0.05) is 85.4 Å². The fourth-order valence-electron chi connectivity index (χ4n) is 5.30. The molecule has 0 saturated heterocycles. The van der Waals surface area contributed by atoms with Crippen molar-refractivity contribution in [3.8, 4) is 11.1 Å². The molecule has 0 spiro atoms. The van der Waals surface area contributed by atoms with Gasteiger partial charge in [0, 0.05) is 0 Å². The van der Waals surface area contributed by atoms with E-state index >= 15 is 0 Å². The molecule has 0 amide bonds. The third-order valence-electron chi connectivity index (χ3n) is 7.44. The fraction of sp³-hybridized carbons (Fsp3) is 0.333. The Hall–Kier alpha value is -1.96. The molecule has 0 heterocycles. The van der Waals surface area contributed by atoms with Crippen LogP contribution in [0.15, 0.2) is 85.0 Å². The maximum atomic E-state index is 3.69. The van der Waals surface area contributed by atoms with E-state index in [9.17, 15) is 0 Å². The summed E-state index contributed by atoms with van der Waals surface area (Å²) in [7, 11) is 0. The van der Waals surface area contributed by atoms with Crippen LogP contribution in [-0.4, -0.2) is 6.88 Å². The number of fused-ring (bicyclic) bond motifs is 3. The summed E-state index contributed by atoms with van der Waals surface area (Å²) in [6.07, 6.45) is 11.0. The summed E-state index contributed by atoms with van der Waals surface area (Å²) in [5, 5.41) is 0. The SMILES string of the molecule is Cc1[c-]c2c(cc1C(C)(C)C)-c1cc(C(C)(C)C)c(C)cc1C2.Cc1cc[c-]cc1.Cc1cc[c-]cc1.Cl.Cl.[C-]1=CC=CC1.[SiH2]=[Zr]. The normalized spacial score (nSPS) is 11.6. The Bertz CT molecular complexity index is 1410. The first kappa shape index (κ1) is 44.0. The fourth-order valence-corrected chi connectivity index (χ4v) is 5.30. The van der Waals surface area contributed by atoms with Crippen LogP contribution >= 0.6 is 24.8 Å². The van der Waals surface area contributed by atoms with Crippen LogP contribution in [0.5, 0.6) is 0 Å². The van der Waals surface area contributed by atoms with Gasteiger partial charge in [-0.25, -0.2) is 12.2 Å². The van der Waals surface area contributed by atoms with E-state index in [0.29, 0.717) is 0 Å². The monoisotopic (exact) mass is 744 g/mol. The zero-order valence-electron chi connectivity index (χ0n) is 29.5. The molecule has 0 unspecified atom stereocenters. The average molecular weight is 747 g/mol. The molecule has 4 heteroatoms. The van der Waals surface area contributed by atoms with Gasteiger partial charge < -0.3 is 0 Å². The zero-order valence-corrected chi connectivity index (χ0v) is 35.0. The standard InChI is InChI=1S/C23H29.2C7H7.C5H5.2ClH.H2Si.Zr/c1-14-9-16-11-17-10-15(2)21(23(6,7)8)13-19(17)18(16)12-20(14)22(3,4)5;2*1-7-5-3-2-4-6-7;1-2-4-5-3-1;;;;/h9,12-13H,11H2,1-8H3;2*3-6H,1H3;1-3H,4H2;2*1H;1H2;/q4*-1;;;;. The van der Waals surface area contributed by atoms with Gasteiger partial charge in [0.2, 0.25) is 0 Å². The van der Waals surface area contributed by atoms with Gasteiger partial charge in [0.25, 0.3) is 0 Å². The molecule has 2 aliphatic rings. The van der Waals surface area contributed by atoms with Crippen molar-refractivity contribution in [2.45, 2.75) is 92.9 Å². The molecule has 0 radical (unpaired) electrons. The topological polar surface area (TPSA) is 0 Å². The van der Waals surface area contributed by atoms with Gasteiger partial charge in [-0.3, -0.25) is 6.08 Å². The van der Waals surface area contributed by atoms with Crippen molar-refractivity contribution in [2.75, 3.05) is 0 Å². The van der Waals surface area contributed by atoms with Crippen LogP contribution in [0.3, 0.4) is 0 Å². The summed E-state index contributed by atoms with van der Waals surface area (Å²) in [4.78, 5) is 0. The predicted molar refractivity (Wildman–Crippen MR) is 205 cm³/mol. The third-order valence-corrected chi connectivity index (χ3v) is 7.44. The number of benzene rings is 4. The van der Waals surface area contributed by atoms with Gasteiger partial charge in [-0.15, -0.1) is 47.9 Å². The van der Waals surface area contributed by atoms with Crippen LogP contribution in [-0.2, 0) is 40.6 Å². The van der Waals surface area contributed by atoms with Crippen molar-refractivity contribution < 1.29 is 23.3 Å². The van der Waals surface area contributed by atoms with E-state index in [2.05, 4.69) is 118 Å². The minimum atomic E-state index is 0. The van der Waals surface area contributed by atoms with Crippen LogP contribution in [0.4, 0.5) is 0 Å². The molecule has 4 aromatic rings. The van der Waals surface area contributed by atoms with Gasteiger partial charge in [-0.2, -0.15) is 95.6 Å². The number of rotatable bonds is 0. The van der Waals surface area contributed by atoms with E-state index in [1.165, 1.54) is 55.6 Å². The van der Waals surface area contributed by atoms with Crippen molar-refractivity contribution in [1.82, 2.24) is 0 Å². The molecule has 246 valence electrons. The summed E-state index contributed by atoms with van der Waals surface area (Å²) in [6.45, 7) is 24.3. The Morgan fingerprint density at radius 1 is 0.674 bits per heavy atom. The number of allylic oxidation sites excluding steroid dienone is 4. The van der Waals surface area contributed by atoms with Crippen molar-refractivity contribution in [3.63, 3.8) is 0 Å². The molecule has 0 bridgehead atoms. The summed E-state index contributed by atoms with van der Waals surface area (Å²) in [5.74, 6) is 0. The number of halogens is 2. The quantitative estimate of drug-likeness (QED) is 0.109. The van der Waals surface area contributed by atoms with E-state index in [-0.39, 0.29) is 35.6 Å². The molecule has 0 N–H and O–H groups in total. The Labute approximate surface area is 310 Å². The molecule has 4 aromatic carbocycles. The van der Waals surface area contributed by atoms with Crippen LogP contribution in [0.25, 0.3) is 11.1 Å². The van der Waals surface area contributed by atoms with Crippen LogP contribution in [0, 0.1) is 52.0 Å². The Morgan fingerprint density at radius 2 is 1.15 bits per heavy atom. The number of hydrogen-bond donors (Lipinski definition) is 0. The minimum absolute atomic E-state index is 0. The molecule has 0 aliphatic heterocycles. The second kappa shape index (κ2) is 21.1. The number of hydrogen-bond acceptors (Lipinski definition) is 0. The van der Waals surface area contributed by atoms with Crippen LogP contribution in [0.1, 0.15) is 92.5 Å². The molecular formula is C42H52Cl2SiZr-4. The van der Waals surface area contributed by atoms with Crippen molar-refractivity contribution in [2.24, 2.45) is 0 Å². The molecule has 46 heavy (non-hydrogen) atoms. The van der Waals surface area contributed by atoms with Gasteiger partial charge in [0.05, 0.1) is 0 Å². The van der Waals surface area contributed by atoms with Crippen molar-refractivity contribution >= 4 is 31.7 Å². The molecule has 0 aromatic heterocycles. The Kier molecular flexibility index (Phi) is 20.2. The molecule has 0 saturated carbocycles. The van der Waals surface area contributed by atoms with Gasteiger partial charge in [0.1, 0.15) is 0 Å². The summed E-state index contributed by atoms with van der Waals surface area (Å²) in [6, 6.07) is 32.6. The average Bonchev–Trinajstić information content (AvgIpc) is 3.65. The number of aryl methyl sites for hydroxylation is 4. The second-order valence-electron chi connectivity index (χ2n) is 13.4. The molecule has 0 fully saturated rings. The maximum absolute atomic E-state index is 3.69. The van der Waals surface area contributed by atoms with Gasteiger partial charge >= 0.3 is 30.2 Å². The van der Waals surface area contributed by atoms with Crippen LogP contribution in [0.2, 0.25) is 0 Å². The molecule has 0 nitrogen and oxygen atoms in total. The van der Waals surface area contributed by atoms with Gasteiger partial charge in [0.15, 0.2) is 0 Å². The predicted octanol–water partition coefficient (Wildman–Crippen LogP) is 11.1. The molecular weight excluding hydrogens is 695 g/mol. The zero-order chi connectivity index (χ0) is 32.9. The summed E-state index contributed by atoms with van der Waals surface area (Å²) in [5.41, 5.74) is 14.2. The molecule has 0 atom stereocenters. The van der Waals surface area contributed by atoms with Crippen molar-refractivity contribution in [1.29, 1.82) is 0 Å². The van der Waals surface area contributed by atoms with E-state index in [4.69, 9.17) is 0 Å². The second-order valence-corrected chi connectivity index (χ2v) is 13.4. The summed E-state index contributed by atoms with van der Waals surface area (Å²) >= 11 is 1.58.